The molecule has 0 radical (unpaired) electrons. The predicted molar refractivity (Wildman–Crippen MR) is 171 cm³/mol. The van der Waals surface area contributed by atoms with Crippen LogP contribution in [0.25, 0.3) is 0 Å². The standard InChI is InChI=1S/C32H55N5O7S/c1-29(2,3)20(16-45(43,44)31(7,8)9)35-28(42)36-24(30(4,5)6)27(41)37-15-18-21(32(18,10)11)22(37)26(40)34-19(14-17-12-13-17)23(38)25(33)39/h17-22,24H,12-16H2,1-11H3,(H2,33,39)(H,34,40)(H2,35,36,42)/t18?,19?,20-,21-,22+,24-/m1/s1. The van der Waals surface area contributed by atoms with Gasteiger partial charge in [-0.3, -0.25) is 19.2 Å². The maximum Gasteiger partial charge on any atom is 0.315 e. The van der Waals surface area contributed by atoms with Crippen LogP contribution in [0.5, 0.6) is 0 Å². The molecule has 1 heterocycles. The van der Waals surface area contributed by atoms with Crippen molar-refractivity contribution in [1.29, 1.82) is 0 Å². The number of hydrogen-bond acceptors (Lipinski definition) is 7. The van der Waals surface area contributed by atoms with Crippen LogP contribution in [0.4, 0.5) is 4.79 Å². The van der Waals surface area contributed by atoms with E-state index in [9.17, 15) is 32.4 Å². The Morgan fingerprint density at radius 2 is 1.44 bits per heavy atom. The fourth-order valence-electron chi connectivity index (χ4n) is 6.28. The molecule has 0 bridgehead atoms. The molecule has 2 saturated carbocycles. The summed E-state index contributed by atoms with van der Waals surface area (Å²) in [5.41, 5.74) is 3.69. The summed E-state index contributed by atoms with van der Waals surface area (Å²) in [5, 5.41) is 8.35. The quantitative estimate of drug-likeness (QED) is 0.246. The zero-order valence-corrected chi connectivity index (χ0v) is 29.7. The van der Waals surface area contributed by atoms with Gasteiger partial charge in [-0.05, 0) is 61.2 Å². The van der Waals surface area contributed by atoms with Gasteiger partial charge in [0.05, 0.1) is 16.5 Å². The van der Waals surface area contributed by atoms with Gasteiger partial charge in [0.2, 0.25) is 17.6 Å². The number of urea groups is 1. The molecule has 0 aromatic carbocycles. The molecule has 6 atom stereocenters. The number of nitrogens with zero attached hydrogens (tertiary/aromatic N) is 1. The summed E-state index contributed by atoms with van der Waals surface area (Å²) in [5.74, 6) is -3.09. The van der Waals surface area contributed by atoms with Gasteiger partial charge in [0.25, 0.3) is 5.91 Å². The highest BCUT2D eigenvalue weighted by Gasteiger charge is 2.70. The van der Waals surface area contributed by atoms with Crippen LogP contribution in [0.3, 0.4) is 0 Å². The molecule has 5 N–H and O–H groups in total. The van der Waals surface area contributed by atoms with Crippen molar-refractivity contribution < 1.29 is 32.4 Å². The number of piperidine rings is 1. The van der Waals surface area contributed by atoms with Crippen molar-refractivity contribution in [2.75, 3.05) is 12.3 Å². The topological polar surface area (TPSA) is 185 Å². The van der Waals surface area contributed by atoms with Gasteiger partial charge in [0.1, 0.15) is 12.1 Å². The Labute approximate surface area is 268 Å². The van der Waals surface area contributed by atoms with Gasteiger partial charge in [0, 0.05) is 12.6 Å². The van der Waals surface area contributed by atoms with Crippen LogP contribution >= 0.6 is 0 Å². The fourth-order valence-corrected chi connectivity index (χ4v) is 7.81. The lowest BCUT2D eigenvalue weighted by atomic mass is 9.85. The molecule has 13 heteroatoms. The van der Waals surface area contributed by atoms with Gasteiger partial charge in [-0.15, -0.1) is 0 Å². The number of nitrogens with one attached hydrogen (secondary N) is 3. The third-order valence-electron chi connectivity index (χ3n) is 9.96. The minimum Gasteiger partial charge on any atom is -0.363 e. The Morgan fingerprint density at radius 1 is 0.889 bits per heavy atom. The van der Waals surface area contributed by atoms with Crippen molar-refractivity contribution in [2.24, 2.45) is 39.7 Å². The van der Waals surface area contributed by atoms with Crippen molar-refractivity contribution in [3.05, 3.63) is 0 Å². The Kier molecular flexibility index (Phi) is 9.93. The summed E-state index contributed by atoms with van der Waals surface area (Å²) in [4.78, 5) is 67.3. The highest BCUT2D eigenvalue weighted by atomic mass is 32.2. The molecular formula is C32H55N5O7S. The van der Waals surface area contributed by atoms with Crippen molar-refractivity contribution in [3.8, 4) is 0 Å². The van der Waals surface area contributed by atoms with E-state index in [1.54, 1.807) is 41.5 Å². The van der Waals surface area contributed by atoms with E-state index < -0.39 is 79.1 Å². The Bertz CT molecular complexity index is 1320. The van der Waals surface area contributed by atoms with Gasteiger partial charge in [-0.25, -0.2) is 13.2 Å². The Balaban J connectivity index is 1.84. The Morgan fingerprint density at radius 3 is 1.89 bits per heavy atom. The zero-order chi connectivity index (χ0) is 34.7. The molecule has 5 amide bonds. The van der Waals surface area contributed by atoms with E-state index in [1.807, 2.05) is 34.6 Å². The number of nitrogens with two attached hydrogens (primary N) is 1. The lowest BCUT2D eigenvalue weighted by Crippen LogP contribution is -2.62. The first-order chi connectivity index (χ1) is 20.2. The van der Waals surface area contributed by atoms with E-state index in [4.69, 9.17) is 5.73 Å². The molecule has 45 heavy (non-hydrogen) atoms. The molecule has 0 spiro atoms. The van der Waals surface area contributed by atoms with E-state index in [2.05, 4.69) is 16.0 Å². The number of fused-ring (bicyclic) bond motifs is 1. The average Bonchev–Trinajstić information content (AvgIpc) is 3.71. The molecule has 0 aromatic heterocycles. The summed E-state index contributed by atoms with van der Waals surface area (Å²) in [7, 11) is -3.58. The number of sulfone groups is 1. The van der Waals surface area contributed by atoms with Crippen molar-refractivity contribution >= 4 is 39.4 Å². The van der Waals surface area contributed by atoms with Crippen LogP contribution in [-0.4, -0.2) is 84.1 Å². The molecule has 256 valence electrons. The third kappa shape index (κ3) is 8.18. The highest BCUT2D eigenvalue weighted by molar-refractivity contribution is 7.92. The smallest absolute Gasteiger partial charge is 0.315 e. The van der Waals surface area contributed by atoms with Crippen LogP contribution in [0, 0.1) is 34.0 Å². The normalized spacial score (nSPS) is 25.0. The van der Waals surface area contributed by atoms with E-state index in [0.717, 1.165) is 12.8 Å². The number of likely N-dealkylation sites (tertiary alicyclic amines) is 1. The number of carbonyl (C=O) groups is 5. The number of rotatable bonds is 11. The summed E-state index contributed by atoms with van der Waals surface area (Å²) >= 11 is 0. The number of ketones is 1. The van der Waals surface area contributed by atoms with Gasteiger partial charge in [-0.1, -0.05) is 68.2 Å². The summed E-state index contributed by atoms with van der Waals surface area (Å²) in [6, 6.07) is -4.44. The lowest BCUT2D eigenvalue weighted by Gasteiger charge is -2.39. The minimum absolute atomic E-state index is 0.0493. The maximum atomic E-state index is 14.2. The third-order valence-corrected chi connectivity index (χ3v) is 12.6. The van der Waals surface area contributed by atoms with Gasteiger partial charge < -0.3 is 26.6 Å². The van der Waals surface area contributed by atoms with E-state index in [-0.39, 0.29) is 28.9 Å². The van der Waals surface area contributed by atoms with Crippen molar-refractivity contribution in [3.63, 3.8) is 0 Å². The van der Waals surface area contributed by atoms with Crippen molar-refractivity contribution in [1.82, 2.24) is 20.9 Å². The summed E-state index contributed by atoms with van der Waals surface area (Å²) in [6.07, 6.45) is 2.13. The second-order valence-corrected chi connectivity index (χ2v) is 19.9. The zero-order valence-electron chi connectivity index (χ0n) is 28.9. The summed E-state index contributed by atoms with van der Waals surface area (Å²) < 4.78 is 25.1. The highest BCUT2D eigenvalue weighted by Crippen LogP contribution is 2.65. The first-order valence-electron chi connectivity index (χ1n) is 15.9. The predicted octanol–water partition coefficient (Wildman–Crippen LogP) is 2.15. The molecule has 3 fully saturated rings. The molecule has 0 aromatic rings. The molecular weight excluding hydrogens is 598 g/mol. The second-order valence-electron chi connectivity index (χ2n) is 17.1. The van der Waals surface area contributed by atoms with Gasteiger partial charge >= 0.3 is 6.03 Å². The van der Waals surface area contributed by atoms with Crippen molar-refractivity contribution in [2.45, 2.75) is 124 Å². The van der Waals surface area contributed by atoms with E-state index in [0.29, 0.717) is 13.0 Å². The molecule has 1 aliphatic heterocycles. The number of Topliss-reactive ketones (excluding diaryl/α,β-unsaturated/α-hetero) is 1. The van der Waals surface area contributed by atoms with Crippen LogP contribution in [-0.2, 0) is 29.0 Å². The van der Waals surface area contributed by atoms with Crippen LogP contribution in [0.1, 0.15) is 95.4 Å². The SMILES string of the molecule is CC(C)(C)[C@H](NC(=O)N[C@H](CS(=O)(=O)C(C)(C)C)C(C)(C)C)C(=O)N1CC2[C@H]([C@H]1C(=O)NC(CC1CC1)C(=O)C(N)=O)C2(C)C. The first kappa shape index (κ1) is 36.8. The lowest BCUT2D eigenvalue weighted by molar-refractivity contribution is -0.145. The Hall–Kier alpha value is -2.70. The van der Waals surface area contributed by atoms with Crippen LogP contribution in [0.2, 0.25) is 0 Å². The molecule has 12 nitrogen and oxygen atoms in total. The number of amides is 5. The maximum absolute atomic E-state index is 14.2. The number of hydrogen-bond donors (Lipinski definition) is 4. The minimum atomic E-state index is -3.58. The van der Waals surface area contributed by atoms with Gasteiger partial charge in [-0.2, -0.15) is 0 Å². The van der Waals surface area contributed by atoms with Crippen LogP contribution < -0.4 is 21.7 Å². The molecule has 2 unspecified atom stereocenters. The summed E-state index contributed by atoms with van der Waals surface area (Å²) in [6.45, 7) is 20.1. The van der Waals surface area contributed by atoms with E-state index in [1.165, 1.54) is 4.90 Å². The first-order valence-corrected chi connectivity index (χ1v) is 17.6. The molecule has 1 saturated heterocycles. The van der Waals surface area contributed by atoms with E-state index >= 15 is 0 Å². The van der Waals surface area contributed by atoms with Crippen LogP contribution in [0.15, 0.2) is 0 Å². The largest absolute Gasteiger partial charge is 0.363 e. The average molecular weight is 654 g/mol. The number of carbonyl (C=O) groups excluding carboxylic acids is 5. The molecule has 3 rings (SSSR count). The van der Waals surface area contributed by atoms with Gasteiger partial charge in [0.15, 0.2) is 9.84 Å². The monoisotopic (exact) mass is 653 g/mol. The molecule has 2 aliphatic carbocycles. The fraction of sp³-hybridized carbons (Fsp3) is 0.844. The second kappa shape index (κ2) is 12.2. The molecule has 3 aliphatic rings. The number of primary amides is 1.